The van der Waals surface area contributed by atoms with E-state index in [9.17, 15) is 14.7 Å². The highest BCUT2D eigenvalue weighted by Gasteiger charge is 2.44. The molecule has 3 heterocycles. The minimum atomic E-state index is -1.34. The van der Waals surface area contributed by atoms with E-state index in [0.29, 0.717) is 31.2 Å². The average Bonchev–Trinajstić information content (AvgIpc) is 3.54. The highest BCUT2D eigenvalue weighted by atomic mass is 19.1. The maximum absolute atomic E-state index is 15.6. The van der Waals surface area contributed by atoms with E-state index in [0.717, 1.165) is 24.6 Å². The van der Waals surface area contributed by atoms with Gasteiger partial charge < -0.3 is 29.5 Å². The van der Waals surface area contributed by atoms with Crippen molar-refractivity contribution in [2.24, 2.45) is 10.6 Å². The number of aromatic nitrogens is 1. The summed E-state index contributed by atoms with van der Waals surface area (Å²) in [6.45, 7) is 5.69. The zero-order valence-corrected chi connectivity index (χ0v) is 18.9. The minimum Gasteiger partial charge on any atom is -0.487 e. The Kier molecular flexibility index (Phi) is 5.08. The summed E-state index contributed by atoms with van der Waals surface area (Å²) in [5, 5.41) is 17.2. The lowest BCUT2D eigenvalue weighted by Crippen LogP contribution is -2.39. The maximum Gasteiger partial charge on any atom is 0.341 e. The first-order valence-electron chi connectivity index (χ1n) is 11.1. The molecule has 2 aliphatic heterocycles. The fourth-order valence-corrected chi connectivity index (χ4v) is 4.82. The molecule has 3 aliphatic rings. The number of carboxylic acids is 1. The SMILES string of the molecule is CO/N=C1/CN(c2c(F)cc3c(=O)c(C(=O)O)cn4c3c2OC[C@@H]4C)CC1(C)CNC1CC1. The minimum absolute atomic E-state index is 0.000779. The van der Waals surface area contributed by atoms with Gasteiger partial charge in [0, 0.05) is 30.7 Å². The Morgan fingerprint density at radius 1 is 1.45 bits per heavy atom. The van der Waals surface area contributed by atoms with Crippen molar-refractivity contribution in [2.75, 3.05) is 38.3 Å². The fraction of sp³-hybridized carbons (Fsp3) is 0.522. The second kappa shape index (κ2) is 7.72. The average molecular weight is 458 g/mol. The molecule has 1 saturated carbocycles. The Hall–Kier alpha value is -3.14. The van der Waals surface area contributed by atoms with Crippen molar-refractivity contribution in [3.05, 3.63) is 33.9 Å². The molecule has 1 aliphatic carbocycles. The predicted molar refractivity (Wildman–Crippen MR) is 121 cm³/mol. The Morgan fingerprint density at radius 3 is 2.88 bits per heavy atom. The molecule has 176 valence electrons. The molecule has 2 fully saturated rings. The summed E-state index contributed by atoms with van der Waals surface area (Å²) in [7, 11) is 1.49. The molecule has 1 aromatic carbocycles. The van der Waals surface area contributed by atoms with Crippen LogP contribution < -0.4 is 20.4 Å². The van der Waals surface area contributed by atoms with Gasteiger partial charge in [-0.15, -0.1) is 0 Å². The molecule has 1 aromatic heterocycles. The number of benzene rings is 1. The van der Waals surface area contributed by atoms with Gasteiger partial charge in [-0.3, -0.25) is 4.79 Å². The van der Waals surface area contributed by atoms with Crippen molar-refractivity contribution in [1.82, 2.24) is 9.88 Å². The second-order valence-corrected chi connectivity index (χ2v) is 9.47. The summed E-state index contributed by atoms with van der Waals surface area (Å²) >= 11 is 0. The van der Waals surface area contributed by atoms with Gasteiger partial charge in [0.05, 0.1) is 29.2 Å². The molecule has 9 nitrogen and oxygen atoms in total. The number of hydrogen-bond acceptors (Lipinski definition) is 7. The van der Waals surface area contributed by atoms with Crippen LogP contribution in [0.3, 0.4) is 0 Å². The third-order valence-corrected chi connectivity index (χ3v) is 6.83. The molecule has 0 spiro atoms. The van der Waals surface area contributed by atoms with Gasteiger partial charge in [0.2, 0.25) is 5.43 Å². The quantitative estimate of drug-likeness (QED) is 0.641. The monoisotopic (exact) mass is 458 g/mol. The molecule has 0 radical (unpaired) electrons. The highest BCUT2D eigenvalue weighted by molar-refractivity contribution is 6.01. The van der Waals surface area contributed by atoms with Crippen LogP contribution in [-0.4, -0.2) is 60.7 Å². The summed E-state index contributed by atoms with van der Waals surface area (Å²) in [4.78, 5) is 31.4. The van der Waals surface area contributed by atoms with E-state index >= 15 is 4.39 Å². The van der Waals surface area contributed by atoms with Crippen molar-refractivity contribution >= 4 is 28.3 Å². The van der Waals surface area contributed by atoms with Crippen LogP contribution in [0.1, 0.15) is 43.1 Å². The van der Waals surface area contributed by atoms with Crippen molar-refractivity contribution in [2.45, 2.75) is 38.8 Å². The number of carbonyl (C=O) groups is 1. The smallest absolute Gasteiger partial charge is 0.341 e. The van der Waals surface area contributed by atoms with Crippen molar-refractivity contribution < 1.29 is 23.9 Å². The molecule has 2 N–H and O–H groups in total. The number of rotatable bonds is 6. The number of halogens is 1. The van der Waals surface area contributed by atoms with E-state index in [1.165, 1.54) is 13.3 Å². The van der Waals surface area contributed by atoms with Crippen molar-refractivity contribution in [3.8, 4) is 5.75 Å². The van der Waals surface area contributed by atoms with Gasteiger partial charge in [0.1, 0.15) is 25.0 Å². The van der Waals surface area contributed by atoms with Gasteiger partial charge in [-0.2, -0.15) is 0 Å². The molecule has 10 heteroatoms. The molecule has 0 amide bonds. The molecule has 0 bridgehead atoms. The standard InChI is InChI=1S/C23H27FN4O5/c1-12-9-33-21-18-14(20(29)15(22(30)31)7-28(12)18)6-16(24)19(21)27-8-17(26-32-3)23(2,11-27)10-25-13-4-5-13/h6-7,12-13,25H,4-5,8-11H2,1-3H3,(H,30,31)/b26-17-/t12-,23?/m0/s1. The first-order chi connectivity index (χ1) is 15.7. The zero-order valence-electron chi connectivity index (χ0n) is 18.9. The maximum atomic E-state index is 15.6. The largest absolute Gasteiger partial charge is 0.487 e. The summed E-state index contributed by atoms with van der Waals surface area (Å²) < 4.78 is 23.3. The van der Waals surface area contributed by atoms with Crippen LogP contribution in [0.15, 0.2) is 22.2 Å². The van der Waals surface area contributed by atoms with Crippen LogP contribution in [0.2, 0.25) is 0 Å². The summed E-state index contributed by atoms with van der Waals surface area (Å²) in [6.07, 6.45) is 3.64. The second-order valence-electron chi connectivity index (χ2n) is 9.47. The highest BCUT2D eigenvalue weighted by Crippen LogP contribution is 2.44. The lowest BCUT2D eigenvalue weighted by Gasteiger charge is -2.31. The first-order valence-corrected chi connectivity index (χ1v) is 11.1. The van der Waals surface area contributed by atoms with Crippen LogP contribution in [0.4, 0.5) is 10.1 Å². The van der Waals surface area contributed by atoms with Crippen molar-refractivity contribution in [1.29, 1.82) is 0 Å². The van der Waals surface area contributed by atoms with Gasteiger partial charge in [-0.05, 0) is 25.8 Å². The van der Waals surface area contributed by atoms with Crippen LogP contribution in [0.25, 0.3) is 10.9 Å². The number of ether oxygens (including phenoxy) is 1. The van der Waals surface area contributed by atoms with E-state index in [-0.39, 0.29) is 40.5 Å². The van der Waals surface area contributed by atoms with Crippen LogP contribution in [0.5, 0.6) is 5.75 Å². The topological polar surface area (TPSA) is 105 Å². The number of oxime groups is 1. The Labute approximate surface area is 189 Å². The lowest BCUT2D eigenvalue weighted by molar-refractivity contribution is 0.0694. The summed E-state index contributed by atoms with van der Waals surface area (Å²) in [5.74, 6) is -1.71. The Balaban J connectivity index is 1.64. The number of pyridine rings is 1. The molecule has 2 aromatic rings. The number of hydrogen-bond donors (Lipinski definition) is 2. The molecular formula is C23H27FN4O5. The van der Waals surface area contributed by atoms with Gasteiger partial charge in [-0.25, -0.2) is 9.18 Å². The third kappa shape index (κ3) is 3.52. The number of carboxylic acid groups (broad SMARTS) is 1. The number of anilines is 1. The number of nitrogens with zero attached hydrogens (tertiary/aromatic N) is 3. The van der Waals surface area contributed by atoms with Gasteiger partial charge >= 0.3 is 5.97 Å². The normalized spacial score (nSPS) is 25.5. The first kappa shape index (κ1) is 21.7. The molecule has 2 atom stereocenters. The number of nitrogens with one attached hydrogen (secondary N) is 1. The van der Waals surface area contributed by atoms with Crippen molar-refractivity contribution in [3.63, 3.8) is 0 Å². The molecule has 33 heavy (non-hydrogen) atoms. The van der Waals surface area contributed by atoms with E-state index in [1.807, 2.05) is 11.8 Å². The third-order valence-electron chi connectivity index (χ3n) is 6.83. The van der Waals surface area contributed by atoms with Crippen LogP contribution >= 0.6 is 0 Å². The fourth-order valence-electron chi connectivity index (χ4n) is 4.82. The lowest BCUT2D eigenvalue weighted by atomic mass is 9.88. The molecule has 1 saturated heterocycles. The van der Waals surface area contributed by atoms with Gasteiger partial charge in [0.25, 0.3) is 0 Å². The van der Waals surface area contributed by atoms with E-state index < -0.39 is 17.2 Å². The van der Waals surface area contributed by atoms with Gasteiger partial charge in [0.15, 0.2) is 11.6 Å². The summed E-state index contributed by atoms with van der Waals surface area (Å²) in [5.41, 5.74) is -0.0163. The number of aromatic carboxylic acids is 1. The predicted octanol–water partition coefficient (Wildman–Crippen LogP) is 2.37. The Morgan fingerprint density at radius 2 is 2.21 bits per heavy atom. The summed E-state index contributed by atoms with van der Waals surface area (Å²) in [6, 6.07) is 1.43. The van der Waals surface area contributed by atoms with Crippen LogP contribution in [-0.2, 0) is 4.84 Å². The van der Waals surface area contributed by atoms with Crippen LogP contribution in [0, 0.1) is 11.2 Å². The van der Waals surface area contributed by atoms with E-state index in [2.05, 4.69) is 17.4 Å². The van der Waals surface area contributed by atoms with E-state index in [4.69, 9.17) is 9.57 Å². The van der Waals surface area contributed by atoms with E-state index in [1.54, 1.807) is 4.57 Å². The molecule has 1 unspecified atom stereocenters. The van der Waals surface area contributed by atoms with Gasteiger partial charge in [-0.1, -0.05) is 12.1 Å². The molecule has 5 rings (SSSR count). The Bertz CT molecular complexity index is 1240. The zero-order chi connectivity index (χ0) is 23.5. The molecular weight excluding hydrogens is 431 g/mol.